The van der Waals surface area contributed by atoms with Crippen molar-refractivity contribution in [2.24, 2.45) is 0 Å². The number of hydrogen-bond donors (Lipinski definition) is 0. The number of aryl methyl sites for hydroxylation is 2. The summed E-state index contributed by atoms with van der Waals surface area (Å²) in [6, 6.07) is 16.5. The molecule has 0 spiro atoms. The second-order valence-electron chi connectivity index (χ2n) is 7.35. The van der Waals surface area contributed by atoms with Crippen molar-refractivity contribution in [1.82, 2.24) is 9.80 Å². The highest BCUT2D eigenvalue weighted by molar-refractivity contribution is 5.77. The lowest BCUT2D eigenvalue weighted by molar-refractivity contribution is -0.134. The van der Waals surface area contributed by atoms with Crippen LogP contribution in [0.3, 0.4) is 0 Å². The molecule has 0 bridgehead atoms. The second kappa shape index (κ2) is 8.37. The number of hydrogen-bond acceptors (Lipinski definition) is 3. The number of ether oxygens (including phenoxy) is 1. The molecule has 0 aliphatic carbocycles. The number of nitrogens with zero attached hydrogens (tertiary/aromatic N) is 2. The molecule has 4 nitrogen and oxygen atoms in total. The van der Waals surface area contributed by atoms with Crippen LogP contribution in [0.5, 0.6) is 5.75 Å². The van der Waals surface area contributed by atoms with E-state index < -0.39 is 0 Å². The first kappa shape index (κ1) is 18.5. The summed E-state index contributed by atoms with van der Waals surface area (Å²) >= 11 is 0. The van der Waals surface area contributed by atoms with Crippen molar-refractivity contribution < 1.29 is 9.53 Å². The van der Waals surface area contributed by atoms with Crippen molar-refractivity contribution in [3.8, 4) is 5.75 Å². The molecule has 138 valence electrons. The van der Waals surface area contributed by atoms with Gasteiger partial charge in [0.15, 0.2) is 0 Å². The summed E-state index contributed by atoms with van der Waals surface area (Å²) in [5, 5.41) is 0. The Hall–Kier alpha value is -2.33. The van der Waals surface area contributed by atoms with Gasteiger partial charge in [-0.25, -0.2) is 0 Å². The average molecular weight is 352 g/mol. The lowest BCUT2D eigenvalue weighted by Gasteiger charge is -2.31. The summed E-state index contributed by atoms with van der Waals surface area (Å²) < 4.78 is 6.04. The largest absolute Gasteiger partial charge is 0.491 e. The maximum Gasteiger partial charge on any atom is 0.223 e. The molecule has 4 heteroatoms. The number of likely N-dealkylation sites (N-methyl/N-ethyl adjacent to an activating group) is 1. The van der Waals surface area contributed by atoms with Gasteiger partial charge in [0, 0.05) is 25.1 Å². The minimum atomic E-state index is 0.0565. The molecular weight excluding hydrogens is 324 g/mol. The third-order valence-corrected chi connectivity index (χ3v) is 4.80. The molecule has 0 aromatic heterocycles. The highest BCUT2D eigenvalue weighted by Gasteiger charge is 2.28. The van der Waals surface area contributed by atoms with Crippen LogP contribution >= 0.6 is 0 Å². The molecule has 0 unspecified atom stereocenters. The number of rotatable bonds is 5. The number of carbonyl (C=O) groups is 1. The van der Waals surface area contributed by atoms with Crippen molar-refractivity contribution in [3.05, 3.63) is 65.2 Å². The lowest BCUT2D eigenvalue weighted by atomic mass is 10.1. The zero-order chi connectivity index (χ0) is 18.5. The first-order chi connectivity index (χ1) is 12.5. The van der Waals surface area contributed by atoms with Crippen LogP contribution in [0.4, 0.5) is 0 Å². The summed E-state index contributed by atoms with van der Waals surface area (Å²) in [6.45, 7) is 4.02. The molecule has 1 aliphatic rings. The lowest BCUT2D eigenvalue weighted by Crippen LogP contribution is -2.47. The van der Waals surface area contributed by atoms with Crippen LogP contribution in [0.2, 0.25) is 0 Å². The zero-order valence-corrected chi connectivity index (χ0v) is 15.9. The summed E-state index contributed by atoms with van der Waals surface area (Å²) in [6.07, 6.45) is 1.29. The Kier molecular flexibility index (Phi) is 5.94. The molecule has 0 N–H and O–H groups in total. The number of fused-ring (bicyclic) bond motifs is 1. The van der Waals surface area contributed by atoms with Crippen LogP contribution in [0.15, 0.2) is 48.5 Å². The summed E-state index contributed by atoms with van der Waals surface area (Å²) in [4.78, 5) is 17.2. The molecule has 0 saturated heterocycles. The standard InChI is InChI=1S/C22H28N2O2/c1-17-9-11-21-19(13-17)14-24(20(16-26-21)15-23(2)3)22(25)12-10-18-7-5-4-6-8-18/h4-9,11,13,20H,10,12,14-16H2,1-3H3/t20-/m0/s1. The van der Waals surface area contributed by atoms with Gasteiger partial charge in [-0.3, -0.25) is 4.79 Å². The van der Waals surface area contributed by atoms with Crippen molar-refractivity contribution in [1.29, 1.82) is 0 Å². The van der Waals surface area contributed by atoms with E-state index in [1.165, 1.54) is 11.1 Å². The fourth-order valence-electron chi connectivity index (χ4n) is 3.47. The molecule has 2 aromatic carbocycles. The van der Waals surface area contributed by atoms with Gasteiger partial charge in [0.25, 0.3) is 0 Å². The minimum Gasteiger partial charge on any atom is -0.491 e. The predicted molar refractivity (Wildman–Crippen MR) is 104 cm³/mol. The molecule has 26 heavy (non-hydrogen) atoms. The third-order valence-electron chi connectivity index (χ3n) is 4.80. The van der Waals surface area contributed by atoms with Gasteiger partial charge in [0.05, 0.1) is 6.04 Å². The van der Waals surface area contributed by atoms with Gasteiger partial charge in [-0.15, -0.1) is 0 Å². The fourth-order valence-corrected chi connectivity index (χ4v) is 3.47. The molecule has 1 amide bonds. The Morgan fingerprint density at radius 3 is 2.69 bits per heavy atom. The summed E-state index contributed by atoms with van der Waals surface area (Å²) in [7, 11) is 4.07. The first-order valence-electron chi connectivity index (χ1n) is 9.23. The first-order valence-corrected chi connectivity index (χ1v) is 9.23. The number of benzene rings is 2. The zero-order valence-electron chi connectivity index (χ0n) is 15.9. The smallest absolute Gasteiger partial charge is 0.223 e. The Labute approximate surface area is 156 Å². The van der Waals surface area contributed by atoms with Crippen LogP contribution < -0.4 is 4.74 Å². The highest BCUT2D eigenvalue weighted by Crippen LogP contribution is 2.27. The summed E-state index contributed by atoms with van der Waals surface area (Å²) in [5.41, 5.74) is 3.49. The second-order valence-corrected chi connectivity index (χ2v) is 7.35. The molecule has 2 aromatic rings. The van der Waals surface area contributed by atoms with Crippen molar-refractivity contribution >= 4 is 5.91 Å². The molecular formula is C22H28N2O2. The van der Waals surface area contributed by atoms with Gasteiger partial charge >= 0.3 is 0 Å². The van der Waals surface area contributed by atoms with E-state index in [9.17, 15) is 4.79 Å². The van der Waals surface area contributed by atoms with Crippen LogP contribution in [-0.2, 0) is 17.8 Å². The molecule has 0 radical (unpaired) electrons. The fraction of sp³-hybridized carbons (Fsp3) is 0.409. The number of amides is 1. The van der Waals surface area contributed by atoms with E-state index in [1.54, 1.807) is 0 Å². The Morgan fingerprint density at radius 1 is 1.19 bits per heavy atom. The Morgan fingerprint density at radius 2 is 1.96 bits per heavy atom. The molecule has 3 rings (SSSR count). The molecule has 1 heterocycles. The van der Waals surface area contributed by atoms with Gasteiger partial charge in [0.2, 0.25) is 5.91 Å². The predicted octanol–water partition coefficient (Wildman–Crippen LogP) is 3.28. The molecule has 0 fully saturated rings. The van der Waals surface area contributed by atoms with E-state index in [4.69, 9.17) is 4.74 Å². The van der Waals surface area contributed by atoms with Gasteiger partial charge in [-0.2, -0.15) is 0 Å². The monoisotopic (exact) mass is 352 g/mol. The van der Waals surface area contributed by atoms with Crippen LogP contribution in [-0.4, -0.2) is 49.0 Å². The maximum absolute atomic E-state index is 13.1. The van der Waals surface area contributed by atoms with Crippen LogP contribution in [0.25, 0.3) is 0 Å². The topological polar surface area (TPSA) is 32.8 Å². The van der Waals surface area contributed by atoms with Gasteiger partial charge < -0.3 is 14.5 Å². The van der Waals surface area contributed by atoms with E-state index in [-0.39, 0.29) is 11.9 Å². The third kappa shape index (κ3) is 4.64. The number of carbonyl (C=O) groups excluding carboxylic acids is 1. The van der Waals surface area contributed by atoms with Crippen molar-refractivity contribution in [3.63, 3.8) is 0 Å². The van der Waals surface area contributed by atoms with Gasteiger partial charge in [0.1, 0.15) is 12.4 Å². The minimum absolute atomic E-state index is 0.0565. The average Bonchev–Trinajstić information content (AvgIpc) is 2.79. The van der Waals surface area contributed by atoms with E-state index in [0.717, 1.165) is 24.3 Å². The van der Waals surface area contributed by atoms with E-state index in [1.807, 2.05) is 43.3 Å². The maximum atomic E-state index is 13.1. The highest BCUT2D eigenvalue weighted by atomic mass is 16.5. The van der Waals surface area contributed by atoms with E-state index in [2.05, 4.69) is 36.1 Å². The quantitative estimate of drug-likeness (QED) is 0.828. The molecule has 1 aliphatic heterocycles. The van der Waals surface area contributed by atoms with Crippen LogP contribution in [0, 0.1) is 6.92 Å². The Bertz CT molecular complexity index is 743. The van der Waals surface area contributed by atoms with E-state index in [0.29, 0.717) is 19.6 Å². The van der Waals surface area contributed by atoms with Gasteiger partial charge in [-0.05, 0) is 39.1 Å². The van der Waals surface area contributed by atoms with Crippen molar-refractivity contribution in [2.75, 3.05) is 27.2 Å². The van der Waals surface area contributed by atoms with E-state index >= 15 is 0 Å². The molecule has 1 atom stereocenters. The normalized spacial score (nSPS) is 16.8. The SMILES string of the molecule is Cc1ccc2c(c1)CN(C(=O)CCc1ccccc1)[C@@H](CN(C)C)CO2. The van der Waals surface area contributed by atoms with Gasteiger partial charge in [-0.1, -0.05) is 48.0 Å². The van der Waals surface area contributed by atoms with Crippen molar-refractivity contribution in [2.45, 2.75) is 32.4 Å². The summed E-state index contributed by atoms with van der Waals surface area (Å²) in [5.74, 6) is 1.09. The van der Waals surface area contributed by atoms with Crippen LogP contribution in [0.1, 0.15) is 23.1 Å². The Balaban J connectivity index is 1.77. The molecule has 0 saturated carbocycles.